The second-order valence-electron chi connectivity index (χ2n) is 6.45. The van der Waals surface area contributed by atoms with E-state index in [1.54, 1.807) is 24.3 Å². The molecule has 0 bridgehead atoms. The van der Waals surface area contributed by atoms with E-state index >= 15 is 0 Å². The number of carbonyl (C=O) groups is 2. The lowest BCUT2D eigenvalue weighted by molar-refractivity contribution is -0.176. The van der Waals surface area contributed by atoms with Gasteiger partial charge in [-0.1, -0.05) is 12.1 Å². The Morgan fingerprint density at radius 1 is 1.04 bits per heavy atom. The van der Waals surface area contributed by atoms with Crippen LogP contribution < -0.4 is 4.74 Å². The van der Waals surface area contributed by atoms with E-state index in [2.05, 4.69) is 0 Å². The van der Waals surface area contributed by atoms with Gasteiger partial charge in [0.1, 0.15) is 24.1 Å². The molecule has 1 unspecified atom stereocenters. The van der Waals surface area contributed by atoms with Gasteiger partial charge in [0.15, 0.2) is 0 Å². The summed E-state index contributed by atoms with van der Waals surface area (Å²) in [5.74, 6) is -1.77. The van der Waals surface area contributed by atoms with Crippen molar-refractivity contribution in [1.29, 1.82) is 0 Å². The molecule has 2 aliphatic heterocycles. The van der Waals surface area contributed by atoms with E-state index in [4.69, 9.17) is 4.74 Å². The molecular formula is C17H21NO7. The highest BCUT2D eigenvalue weighted by molar-refractivity contribution is 6.39. The number of amides is 1. The quantitative estimate of drug-likeness (QED) is 0.466. The standard InChI is InChI=1S/C17H21NO7/c1-25-9-4-2-8(3-5-9)6-10-12-15(22)16(23)14(21)11(7-19)18(12)17(24)13(10)20/h2-5,10-12,14-16,19,21-23H,6-7H2,1H3/t10?,11-,12-,14-,15-,16+/m1/s1. The molecule has 3 rings (SSSR count). The third-order valence-corrected chi connectivity index (χ3v) is 5.12. The molecule has 1 aromatic rings. The van der Waals surface area contributed by atoms with E-state index in [9.17, 15) is 30.0 Å². The van der Waals surface area contributed by atoms with Crippen molar-refractivity contribution in [2.75, 3.05) is 13.7 Å². The fourth-order valence-electron chi connectivity index (χ4n) is 3.77. The number of methoxy groups -OCH3 is 1. The van der Waals surface area contributed by atoms with Gasteiger partial charge in [0, 0.05) is 0 Å². The Kier molecular flexibility index (Phi) is 4.79. The first-order chi connectivity index (χ1) is 11.9. The minimum Gasteiger partial charge on any atom is -0.497 e. The van der Waals surface area contributed by atoms with Crippen molar-refractivity contribution in [3.05, 3.63) is 29.8 Å². The van der Waals surface area contributed by atoms with Crippen molar-refractivity contribution >= 4 is 11.7 Å². The Morgan fingerprint density at radius 2 is 1.68 bits per heavy atom. The maximum atomic E-state index is 12.4. The van der Waals surface area contributed by atoms with Crippen LogP contribution in [0.3, 0.4) is 0 Å². The number of aliphatic hydroxyl groups is 4. The first-order valence-electron chi connectivity index (χ1n) is 8.05. The number of rotatable bonds is 4. The van der Waals surface area contributed by atoms with Crippen LogP contribution in [-0.2, 0) is 16.0 Å². The summed E-state index contributed by atoms with van der Waals surface area (Å²) >= 11 is 0. The Bertz CT molecular complexity index is 661. The van der Waals surface area contributed by atoms with Crippen LogP contribution in [0.4, 0.5) is 0 Å². The molecule has 2 heterocycles. The highest BCUT2D eigenvalue weighted by atomic mass is 16.5. The second kappa shape index (κ2) is 6.72. The molecule has 0 spiro atoms. The van der Waals surface area contributed by atoms with Crippen LogP contribution in [0.2, 0.25) is 0 Å². The zero-order valence-electron chi connectivity index (χ0n) is 13.6. The average molecular weight is 351 g/mol. The van der Waals surface area contributed by atoms with E-state index in [0.29, 0.717) is 5.75 Å². The number of ketones is 1. The van der Waals surface area contributed by atoms with E-state index in [-0.39, 0.29) is 6.42 Å². The van der Waals surface area contributed by atoms with Gasteiger partial charge in [0.2, 0.25) is 5.78 Å². The predicted octanol–water partition coefficient (Wildman–Crippen LogP) is -1.91. The SMILES string of the molecule is COc1ccc(CC2C(=O)C(=O)N3[C@H](CO)[C@@H](O)[C@H](O)[C@H](O)[C@@H]23)cc1. The van der Waals surface area contributed by atoms with Gasteiger partial charge < -0.3 is 30.1 Å². The van der Waals surface area contributed by atoms with Crippen LogP contribution in [-0.4, -0.2) is 81.1 Å². The molecule has 0 aliphatic carbocycles. The van der Waals surface area contributed by atoms with E-state index in [0.717, 1.165) is 10.5 Å². The minimum absolute atomic E-state index is 0.188. The van der Waals surface area contributed by atoms with Gasteiger partial charge in [0.25, 0.3) is 5.91 Å². The molecule has 25 heavy (non-hydrogen) atoms. The molecule has 1 aromatic carbocycles. The summed E-state index contributed by atoms with van der Waals surface area (Å²) in [5.41, 5.74) is 0.766. The Morgan fingerprint density at radius 3 is 2.24 bits per heavy atom. The molecule has 0 saturated carbocycles. The number of carbonyl (C=O) groups excluding carboxylic acids is 2. The summed E-state index contributed by atoms with van der Waals surface area (Å²) in [4.78, 5) is 25.8. The van der Waals surface area contributed by atoms with Crippen molar-refractivity contribution in [2.24, 2.45) is 5.92 Å². The molecule has 2 aliphatic rings. The summed E-state index contributed by atoms with van der Waals surface area (Å²) in [6.07, 6.45) is -4.35. The molecular weight excluding hydrogens is 330 g/mol. The van der Waals surface area contributed by atoms with E-state index in [1.165, 1.54) is 7.11 Å². The lowest BCUT2D eigenvalue weighted by Crippen LogP contribution is -2.67. The maximum absolute atomic E-state index is 12.4. The number of piperidine rings is 1. The molecule has 6 atom stereocenters. The van der Waals surface area contributed by atoms with Gasteiger partial charge in [-0.2, -0.15) is 0 Å². The fourth-order valence-corrected chi connectivity index (χ4v) is 3.77. The zero-order chi connectivity index (χ0) is 18.3. The molecule has 0 radical (unpaired) electrons. The largest absolute Gasteiger partial charge is 0.497 e. The van der Waals surface area contributed by atoms with Crippen LogP contribution in [0, 0.1) is 5.92 Å². The first kappa shape index (κ1) is 17.8. The van der Waals surface area contributed by atoms with Crippen molar-refractivity contribution < 1.29 is 34.8 Å². The number of fused-ring (bicyclic) bond motifs is 1. The third kappa shape index (κ3) is 2.81. The lowest BCUT2D eigenvalue weighted by atomic mass is 9.81. The second-order valence-corrected chi connectivity index (χ2v) is 6.45. The molecule has 4 N–H and O–H groups in total. The van der Waals surface area contributed by atoms with Gasteiger partial charge in [-0.05, 0) is 24.1 Å². The van der Waals surface area contributed by atoms with Gasteiger partial charge in [-0.15, -0.1) is 0 Å². The summed E-state index contributed by atoms with van der Waals surface area (Å²) in [6, 6.07) is 4.84. The number of ether oxygens (including phenoxy) is 1. The lowest BCUT2D eigenvalue weighted by Gasteiger charge is -2.46. The number of Topliss-reactive ketones (excluding diaryl/α,β-unsaturated/α-hetero) is 1. The maximum Gasteiger partial charge on any atom is 0.291 e. The zero-order valence-corrected chi connectivity index (χ0v) is 13.6. The molecule has 8 heteroatoms. The van der Waals surface area contributed by atoms with Gasteiger partial charge in [0.05, 0.1) is 31.7 Å². The number of hydrogen-bond donors (Lipinski definition) is 4. The van der Waals surface area contributed by atoms with Crippen LogP contribution in [0.15, 0.2) is 24.3 Å². The first-order valence-corrected chi connectivity index (χ1v) is 8.05. The van der Waals surface area contributed by atoms with Crippen molar-refractivity contribution in [2.45, 2.75) is 36.8 Å². The van der Waals surface area contributed by atoms with Gasteiger partial charge in [-0.25, -0.2) is 0 Å². The predicted molar refractivity (Wildman–Crippen MR) is 84.7 cm³/mol. The highest BCUT2D eigenvalue weighted by Crippen LogP contribution is 2.36. The van der Waals surface area contributed by atoms with Crippen molar-refractivity contribution in [3.8, 4) is 5.75 Å². The van der Waals surface area contributed by atoms with Crippen molar-refractivity contribution in [1.82, 2.24) is 4.90 Å². The van der Waals surface area contributed by atoms with Crippen LogP contribution >= 0.6 is 0 Å². The Labute approximate surface area is 144 Å². The van der Waals surface area contributed by atoms with Crippen molar-refractivity contribution in [3.63, 3.8) is 0 Å². The molecule has 0 aromatic heterocycles. The fraction of sp³-hybridized carbons (Fsp3) is 0.529. The van der Waals surface area contributed by atoms with Crippen LogP contribution in [0.1, 0.15) is 5.56 Å². The van der Waals surface area contributed by atoms with E-state index in [1.807, 2.05) is 0 Å². The smallest absolute Gasteiger partial charge is 0.291 e. The average Bonchev–Trinajstić information content (AvgIpc) is 2.86. The number of benzene rings is 1. The summed E-state index contributed by atoms with van der Waals surface area (Å²) < 4.78 is 5.08. The van der Waals surface area contributed by atoms with Gasteiger partial charge in [-0.3, -0.25) is 9.59 Å². The third-order valence-electron chi connectivity index (χ3n) is 5.12. The van der Waals surface area contributed by atoms with Crippen LogP contribution in [0.25, 0.3) is 0 Å². The highest BCUT2D eigenvalue weighted by Gasteiger charge is 2.59. The summed E-state index contributed by atoms with van der Waals surface area (Å²) in [7, 11) is 1.53. The topological polar surface area (TPSA) is 128 Å². The normalized spacial score (nSPS) is 35.0. The van der Waals surface area contributed by atoms with E-state index < -0.39 is 54.6 Å². The molecule has 2 fully saturated rings. The molecule has 1 amide bonds. The minimum atomic E-state index is -1.55. The number of hydrogen-bond acceptors (Lipinski definition) is 7. The number of aliphatic hydroxyl groups excluding tert-OH is 4. The molecule has 8 nitrogen and oxygen atoms in total. The molecule has 136 valence electrons. The van der Waals surface area contributed by atoms with Crippen LogP contribution in [0.5, 0.6) is 5.75 Å². The number of nitrogens with zero attached hydrogens (tertiary/aromatic N) is 1. The summed E-state index contributed by atoms with van der Waals surface area (Å²) in [6.45, 7) is -0.615. The van der Waals surface area contributed by atoms with Gasteiger partial charge >= 0.3 is 0 Å². The monoisotopic (exact) mass is 351 g/mol. The Hall–Kier alpha value is -2.00. The summed E-state index contributed by atoms with van der Waals surface area (Å²) in [5, 5.41) is 39.9. The Balaban J connectivity index is 1.91. The molecule has 2 saturated heterocycles.